The van der Waals surface area contributed by atoms with E-state index in [2.05, 4.69) is 20.6 Å². The van der Waals surface area contributed by atoms with E-state index in [-0.39, 0.29) is 6.10 Å². The van der Waals surface area contributed by atoms with Crippen LogP contribution in [0.5, 0.6) is 5.75 Å². The van der Waals surface area contributed by atoms with Gasteiger partial charge in [0.05, 0.1) is 13.2 Å². The zero-order valence-corrected chi connectivity index (χ0v) is 10.9. The van der Waals surface area contributed by atoms with E-state index < -0.39 is 0 Å². The zero-order valence-electron chi connectivity index (χ0n) is 10.9. The lowest BCUT2D eigenvalue weighted by Gasteiger charge is -2.15. The Balaban J connectivity index is 2.03. The summed E-state index contributed by atoms with van der Waals surface area (Å²) in [4.78, 5) is 8.37. The van der Waals surface area contributed by atoms with E-state index in [1.807, 2.05) is 6.92 Å². The second-order valence-corrected chi connectivity index (χ2v) is 4.15. The van der Waals surface area contributed by atoms with E-state index >= 15 is 0 Å². The van der Waals surface area contributed by atoms with Crippen molar-refractivity contribution in [1.82, 2.24) is 9.97 Å². The van der Waals surface area contributed by atoms with Gasteiger partial charge in [-0.1, -0.05) is 0 Å². The molecule has 0 saturated carbocycles. The Morgan fingerprint density at radius 2 is 2.17 bits per heavy atom. The van der Waals surface area contributed by atoms with E-state index in [0.717, 1.165) is 32.5 Å². The van der Waals surface area contributed by atoms with Gasteiger partial charge < -0.3 is 20.1 Å². The van der Waals surface area contributed by atoms with Crippen LogP contribution in [0.2, 0.25) is 0 Å². The van der Waals surface area contributed by atoms with Crippen LogP contribution in [-0.4, -0.2) is 42.9 Å². The quantitative estimate of drug-likeness (QED) is 0.800. The third-order valence-electron chi connectivity index (χ3n) is 2.87. The summed E-state index contributed by atoms with van der Waals surface area (Å²) in [5.74, 6) is 2.07. The van der Waals surface area contributed by atoms with Gasteiger partial charge in [-0.05, 0) is 19.8 Å². The Kier molecular flexibility index (Phi) is 4.58. The van der Waals surface area contributed by atoms with Crippen molar-refractivity contribution in [2.75, 3.05) is 37.4 Å². The molecule has 1 aromatic rings. The molecule has 2 N–H and O–H groups in total. The fourth-order valence-corrected chi connectivity index (χ4v) is 2.00. The molecule has 2 rings (SSSR count). The van der Waals surface area contributed by atoms with Crippen LogP contribution < -0.4 is 15.4 Å². The Labute approximate surface area is 107 Å². The molecule has 0 amide bonds. The molecule has 2 heterocycles. The summed E-state index contributed by atoms with van der Waals surface area (Å²) in [6.07, 6.45) is 4.03. The summed E-state index contributed by atoms with van der Waals surface area (Å²) in [6.45, 7) is 4.41. The maximum absolute atomic E-state index is 5.56. The van der Waals surface area contributed by atoms with Crippen molar-refractivity contribution in [1.29, 1.82) is 0 Å². The number of anilines is 2. The normalized spacial score (nSPS) is 18.7. The van der Waals surface area contributed by atoms with Crippen molar-refractivity contribution in [2.45, 2.75) is 25.9 Å². The van der Waals surface area contributed by atoms with Gasteiger partial charge in [-0.15, -0.1) is 0 Å². The van der Waals surface area contributed by atoms with Gasteiger partial charge in [0, 0.05) is 19.7 Å². The molecule has 1 atom stereocenters. The molecule has 0 aliphatic carbocycles. The summed E-state index contributed by atoms with van der Waals surface area (Å²) in [6, 6.07) is 0. The molecule has 1 saturated heterocycles. The minimum Gasteiger partial charge on any atom is -0.490 e. The van der Waals surface area contributed by atoms with Crippen LogP contribution in [0.25, 0.3) is 0 Å². The van der Waals surface area contributed by atoms with Gasteiger partial charge in [0.1, 0.15) is 6.33 Å². The molecule has 6 nitrogen and oxygen atoms in total. The third-order valence-corrected chi connectivity index (χ3v) is 2.87. The molecule has 1 unspecified atom stereocenters. The molecule has 100 valence electrons. The highest BCUT2D eigenvalue weighted by Gasteiger charge is 2.17. The molecular formula is C12H20N4O2. The molecule has 1 aliphatic rings. The van der Waals surface area contributed by atoms with E-state index in [4.69, 9.17) is 9.47 Å². The number of aromatic nitrogens is 2. The molecule has 0 aromatic carbocycles. The molecule has 0 spiro atoms. The van der Waals surface area contributed by atoms with Crippen molar-refractivity contribution < 1.29 is 9.47 Å². The monoisotopic (exact) mass is 252 g/mol. The van der Waals surface area contributed by atoms with Gasteiger partial charge in [-0.25, -0.2) is 9.97 Å². The summed E-state index contributed by atoms with van der Waals surface area (Å²) < 4.78 is 10.9. The van der Waals surface area contributed by atoms with Crippen molar-refractivity contribution in [3.8, 4) is 5.75 Å². The lowest BCUT2D eigenvalue weighted by molar-refractivity contribution is 0.120. The average Bonchev–Trinajstić information content (AvgIpc) is 2.90. The Hall–Kier alpha value is -1.56. The standard InChI is InChI=1S/C12H20N4O2/c1-3-13-11-10(17-2)12(16-8-15-11)14-7-9-5-4-6-18-9/h8-9H,3-7H2,1-2H3,(H2,13,14,15,16). The number of hydrogen-bond acceptors (Lipinski definition) is 6. The first-order valence-corrected chi connectivity index (χ1v) is 6.33. The summed E-state index contributed by atoms with van der Waals surface area (Å²) in [5.41, 5.74) is 0. The van der Waals surface area contributed by atoms with Gasteiger partial charge in [0.15, 0.2) is 11.6 Å². The van der Waals surface area contributed by atoms with E-state index in [0.29, 0.717) is 17.4 Å². The number of rotatable bonds is 6. The number of nitrogens with one attached hydrogen (secondary N) is 2. The van der Waals surface area contributed by atoms with Gasteiger partial charge in [-0.2, -0.15) is 0 Å². The highest BCUT2D eigenvalue weighted by Crippen LogP contribution is 2.29. The zero-order chi connectivity index (χ0) is 12.8. The van der Waals surface area contributed by atoms with Crippen LogP contribution >= 0.6 is 0 Å². The summed E-state index contributed by atoms with van der Waals surface area (Å²) >= 11 is 0. The smallest absolute Gasteiger partial charge is 0.204 e. The number of methoxy groups -OCH3 is 1. The highest BCUT2D eigenvalue weighted by atomic mass is 16.5. The maximum atomic E-state index is 5.56. The van der Waals surface area contributed by atoms with Crippen LogP contribution in [-0.2, 0) is 4.74 Å². The van der Waals surface area contributed by atoms with E-state index in [9.17, 15) is 0 Å². The molecule has 18 heavy (non-hydrogen) atoms. The van der Waals surface area contributed by atoms with Crippen LogP contribution in [0, 0.1) is 0 Å². The topological polar surface area (TPSA) is 68.3 Å². The Morgan fingerprint density at radius 3 is 2.78 bits per heavy atom. The predicted octanol–water partition coefficient (Wildman–Crippen LogP) is 1.51. The molecule has 1 fully saturated rings. The molecule has 0 bridgehead atoms. The lowest BCUT2D eigenvalue weighted by Crippen LogP contribution is -2.19. The van der Waals surface area contributed by atoms with E-state index in [1.54, 1.807) is 7.11 Å². The van der Waals surface area contributed by atoms with Crippen LogP contribution in [0.3, 0.4) is 0 Å². The number of hydrogen-bond donors (Lipinski definition) is 2. The van der Waals surface area contributed by atoms with Gasteiger partial charge >= 0.3 is 0 Å². The maximum Gasteiger partial charge on any atom is 0.204 e. The SMILES string of the molecule is CCNc1ncnc(NCC2CCCO2)c1OC. The molecular weight excluding hydrogens is 232 g/mol. The average molecular weight is 252 g/mol. The first-order chi connectivity index (χ1) is 8.85. The second kappa shape index (κ2) is 6.39. The molecule has 1 aromatic heterocycles. The Morgan fingerprint density at radius 1 is 1.39 bits per heavy atom. The fraction of sp³-hybridized carbons (Fsp3) is 0.667. The highest BCUT2D eigenvalue weighted by molar-refractivity contribution is 5.63. The van der Waals surface area contributed by atoms with Crippen molar-refractivity contribution in [3.05, 3.63) is 6.33 Å². The lowest BCUT2D eigenvalue weighted by atomic mass is 10.2. The van der Waals surface area contributed by atoms with Gasteiger partial charge in [0.2, 0.25) is 5.75 Å². The van der Waals surface area contributed by atoms with Crippen molar-refractivity contribution in [2.24, 2.45) is 0 Å². The minimum atomic E-state index is 0.271. The molecule has 0 radical (unpaired) electrons. The van der Waals surface area contributed by atoms with Crippen LogP contribution in [0.15, 0.2) is 6.33 Å². The molecule has 6 heteroatoms. The van der Waals surface area contributed by atoms with Gasteiger partial charge in [-0.3, -0.25) is 0 Å². The predicted molar refractivity (Wildman–Crippen MR) is 70.2 cm³/mol. The first kappa shape index (κ1) is 12.9. The largest absolute Gasteiger partial charge is 0.490 e. The number of ether oxygens (including phenoxy) is 2. The molecule has 1 aliphatic heterocycles. The van der Waals surface area contributed by atoms with Gasteiger partial charge in [0.25, 0.3) is 0 Å². The van der Waals surface area contributed by atoms with Crippen molar-refractivity contribution in [3.63, 3.8) is 0 Å². The van der Waals surface area contributed by atoms with E-state index in [1.165, 1.54) is 6.33 Å². The fourth-order valence-electron chi connectivity index (χ4n) is 2.00. The third kappa shape index (κ3) is 3.01. The van der Waals surface area contributed by atoms with Crippen LogP contribution in [0.1, 0.15) is 19.8 Å². The first-order valence-electron chi connectivity index (χ1n) is 6.33. The minimum absolute atomic E-state index is 0.271. The summed E-state index contributed by atoms with van der Waals surface area (Å²) in [5, 5.41) is 6.41. The number of nitrogens with zero attached hydrogens (tertiary/aromatic N) is 2. The Bertz CT molecular complexity index is 380. The van der Waals surface area contributed by atoms with Crippen molar-refractivity contribution >= 4 is 11.6 Å². The summed E-state index contributed by atoms with van der Waals surface area (Å²) in [7, 11) is 1.62. The second-order valence-electron chi connectivity index (χ2n) is 4.15. The van der Waals surface area contributed by atoms with Crippen LogP contribution in [0.4, 0.5) is 11.6 Å².